The number of nitrogens with zero attached hydrogens (tertiary/aromatic N) is 1. The number of anilines is 1. The first-order valence-electron chi connectivity index (χ1n) is 8.84. The Morgan fingerprint density at radius 1 is 1.07 bits per heavy atom. The van der Waals surface area contributed by atoms with E-state index in [1.807, 2.05) is 18.2 Å². The first-order chi connectivity index (χ1) is 13.3. The van der Waals surface area contributed by atoms with Gasteiger partial charge >= 0.3 is 0 Å². The fourth-order valence-corrected chi connectivity index (χ4v) is 4.23. The number of carbonyl (C=O) groups excluding carboxylic acids is 1. The van der Waals surface area contributed by atoms with Crippen molar-refractivity contribution < 1.29 is 22.0 Å². The van der Waals surface area contributed by atoms with Gasteiger partial charge in [0, 0.05) is 30.5 Å². The summed E-state index contributed by atoms with van der Waals surface area (Å²) in [5.41, 5.74) is 0.689. The number of amides is 1. The van der Waals surface area contributed by atoms with Gasteiger partial charge in [0.1, 0.15) is 11.6 Å². The lowest BCUT2D eigenvalue weighted by Gasteiger charge is -2.29. The smallest absolute Gasteiger partial charge is 0.236 e. The molecule has 8 heteroatoms. The molecule has 0 aliphatic carbocycles. The van der Waals surface area contributed by atoms with Crippen LogP contribution in [-0.4, -0.2) is 31.7 Å². The van der Waals surface area contributed by atoms with Crippen molar-refractivity contribution in [3.05, 3.63) is 71.1 Å². The zero-order valence-electron chi connectivity index (χ0n) is 15.0. The Morgan fingerprint density at radius 3 is 2.39 bits per heavy atom. The van der Waals surface area contributed by atoms with E-state index in [1.165, 1.54) is 10.4 Å². The zero-order valence-corrected chi connectivity index (χ0v) is 15.8. The minimum Gasteiger partial charge on any atom is -0.323 e. The number of hydrogen-bond acceptors (Lipinski definition) is 3. The van der Waals surface area contributed by atoms with E-state index in [-0.39, 0.29) is 18.8 Å². The zero-order chi connectivity index (χ0) is 20.1. The van der Waals surface area contributed by atoms with E-state index >= 15 is 0 Å². The number of hydrogen-bond donors (Lipinski definition) is 1. The third kappa shape index (κ3) is 5.02. The first-order valence-corrected chi connectivity index (χ1v) is 10.3. The van der Waals surface area contributed by atoms with Crippen molar-refractivity contribution in [2.75, 3.05) is 18.4 Å². The molecule has 1 amide bonds. The van der Waals surface area contributed by atoms with Crippen LogP contribution < -0.4 is 5.32 Å². The third-order valence-corrected chi connectivity index (χ3v) is 6.17. The van der Waals surface area contributed by atoms with Crippen LogP contribution in [-0.2, 0) is 14.8 Å². The molecule has 0 atom stereocenters. The molecule has 1 saturated heterocycles. The minimum atomic E-state index is -3.58. The second-order valence-electron chi connectivity index (χ2n) is 6.55. The van der Waals surface area contributed by atoms with E-state index in [9.17, 15) is 22.0 Å². The molecule has 3 rings (SSSR count). The van der Waals surface area contributed by atoms with Gasteiger partial charge in [-0.3, -0.25) is 4.79 Å². The summed E-state index contributed by atoms with van der Waals surface area (Å²) in [6, 6.07) is 12.0. The van der Waals surface area contributed by atoms with Gasteiger partial charge in [-0.2, -0.15) is 4.31 Å². The van der Waals surface area contributed by atoms with Gasteiger partial charge in [0.25, 0.3) is 0 Å². The summed E-state index contributed by atoms with van der Waals surface area (Å²) in [5, 5.41) is 3.61. The molecule has 1 fully saturated rings. The highest BCUT2D eigenvalue weighted by atomic mass is 32.2. The summed E-state index contributed by atoms with van der Waals surface area (Å²) in [6.07, 6.45) is 2.19. The molecule has 1 heterocycles. The van der Waals surface area contributed by atoms with E-state index < -0.39 is 33.5 Å². The highest BCUT2D eigenvalue weighted by Gasteiger charge is 2.30. The van der Waals surface area contributed by atoms with Gasteiger partial charge in [0.2, 0.25) is 15.9 Å². The summed E-state index contributed by atoms with van der Waals surface area (Å²) in [5.74, 6) is -2.41. The van der Waals surface area contributed by atoms with Crippen LogP contribution in [0.3, 0.4) is 0 Å². The Balaban J connectivity index is 1.57. The number of rotatable bonds is 5. The van der Waals surface area contributed by atoms with E-state index in [4.69, 9.17) is 0 Å². The maximum absolute atomic E-state index is 13.7. The maximum atomic E-state index is 13.7. The summed E-state index contributed by atoms with van der Waals surface area (Å²) in [6.45, 7) is 0.400. The largest absolute Gasteiger partial charge is 0.323 e. The summed E-state index contributed by atoms with van der Waals surface area (Å²) in [7, 11) is -3.58. The molecule has 2 aromatic carbocycles. The Hall–Kier alpha value is -2.58. The van der Waals surface area contributed by atoms with Crippen LogP contribution in [0, 0.1) is 17.6 Å². The maximum Gasteiger partial charge on any atom is 0.236 e. The lowest BCUT2D eigenvalue weighted by Crippen LogP contribution is -2.40. The molecular weight excluding hydrogens is 386 g/mol. The molecule has 148 valence electrons. The molecule has 0 unspecified atom stereocenters. The summed E-state index contributed by atoms with van der Waals surface area (Å²) in [4.78, 5) is 12.3. The molecule has 1 N–H and O–H groups in total. The van der Waals surface area contributed by atoms with Crippen molar-refractivity contribution in [1.82, 2.24) is 4.31 Å². The average Bonchev–Trinajstić information content (AvgIpc) is 2.69. The second kappa shape index (κ2) is 8.62. The van der Waals surface area contributed by atoms with Crippen LogP contribution in [0.15, 0.2) is 53.9 Å². The molecule has 0 spiro atoms. The fourth-order valence-electron chi connectivity index (χ4n) is 3.01. The van der Waals surface area contributed by atoms with Crippen LogP contribution in [0.1, 0.15) is 18.4 Å². The van der Waals surface area contributed by atoms with Gasteiger partial charge < -0.3 is 5.32 Å². The lowest BCUT2D eigenvalue weighted by atomic mass is 9.97. The molecule has 28 heavy (non-hydrogen) atoms. The highest BCUT2D eigenvalue weighted by Crippen LogP contribution is 2.23. The molecule has 5 nitrogen and oxygen atoms in total. The molecule has 1 aliphatic rings. The van der Waals surface area contributed by atoms with E-state index in [2.05, 4.69) is 5.32 Å². The Labute approximate surface area is 162 Å². The highest BCUT2D eigenvalue weighted by molar-refractivity contribution is 7.92. The number of piperidine rings is 1. The molecule has 0 saturated carbocycles. The molecule has 0 radical (unpaired) electrons. The number of benzene rings is 2. The number of halogens is 2. The molecular formula is C20H20F2N2O3S. The monoisotopic (exact) mass is 406 g/mol. The third-order valence-electron chi connectivity index (χ3n) is 4.61. The Kier molecular flexibility index (Phi) is 6.21. The normalized spacial score (nSPS) is 16.4. The van der Waals surface area contributed by atoms with E-state index in [1.54, 1.807) is 12.1 Å². The molecule has 1 aliphatic heterocycles. The predicted molar refractivity (Wildman–Crippen MR) is 104 cm³/mol. The standard InChI is InChI=1S/C20H20F2N2O3S/c21-17-6-7-19(18(22)14-17)23-20(25)16-8-11-24(12-9-16)28(26,27)13-10-15-4-2-1-3-5-15/h1-7,10,13-14,16H,8-9,11-12H2,(H,23,25)/b13-10+. The average molecular weight is 406 g/mol. The van der Waals surface area contributed by atoms with Gasteiger partial charge in [-0.05, 0) is 36.6 Å². The van der Waals surface area contributed by atoms with Gasteiger partial charge in [-0.25, -0.2) is 17.2 Å². The lowest BCUT2D eigenvalue weighted by molar-refractivity contribution is -0.120. The number of carbonyl (C=O) groups is 1. The number of sulfonamides is 1. The minimum absolute atomic E-state index is 0.0905. The van der Waals surface area contributed by atoms with Crippen LogP contribution in [0.2, 0.25) is 0 Å². The van der Waals surface area contributed by atoms with Crippen molar-refractivity contribution in [2.45, 2.75) is 12.8 Å². The quantitative estimate of drug-likeness (QED) is 0.825. The van der Waals surface area contributed by atoms with Gasteiger partial charge in [-0.15, -0.1) is 0 Å². The SMILES string of the molecule is O=C(Nc1ccc(F)cc1F)C1CCN(S(=O)(=O)/C=C/c2ccccc2)CC1. The Bertz CT molecular complexity index is 970. The number of nitrogens with one attached hydrogen (secondary N) is 1. The molecule has 0 bridgehead atoms. The van der Waals surface area contributed by atoms with Crippen molar-refractivity contribution in [3.8, 4) is 0 Å². The first kappa shape index (κ1) is 20.2. The fraction of sp³-hybridized carbons (Fsp3) is 0.250. The van der Waals surface area contributed by atoms with Gasteiger partial charge in [-0.1, -0.05) is 30.3 Å². The van der Waals surface area contributed by atoms with E-state index in [0.717, 1.165) is 23.1 Å². The van der Waals surface area contributed by atoms with Crippen molar-refractivity contribution >= 4 is 27.7 Å². The Morgan fingerprint density at radius 2 is 1.75 bits per heavy atom. The second-order valence-corrected chi connectivity index (χ2v) is 8.36. The molecule has 0 aromatic heterocycles. The van der Waals surface area contributed by atoms with E-state index in [0.29, 0.717) is 18.9 Å². The van der Waals surface area contributed by atoms with Gasteiger partial charge in [0.05, 0.1) is 5.69 Å². The van der Waals surface area contributed by atoms with Crippen LogP contribution in [0.25, 0.3) is 6.08 Å². The van der Waals surface area contributed by atoms with Crippen LogP contribution >= 0.6 is 0 Å². The van der Waals surface area contributed by atoms with Crippen molar-refractivity contribution in [2.24, 2.45) is 5.92 Å². The predicted octanol–water partition coefficient (Wildman–Crippen LogP) is 3.62. The summed E-state index contributed by atoms with van der Waals surface area (Å²) < 4.78 is 52.9. The molecule has 2 aromatic rings. The van der Waals surface area contributed by atoms with Crippen molar-refractivity contribution in [3.63, 3.8) is 0 Å². The van der Waals surface area contributed by atoms with Crippen LogP contribution in [0.5, 0.6) is 0 Å². The van der Waals surface area contributed by atoms with Gasteiger partial charge in [0.15, 0.2) is 0 Å². The summed E-state index contributed by atoms with van der Waals surface area (Å²) >= 11 is 0. The van der Waals surface area contributed by atoms with Crippen molar-refractivity contribution in [1.29, 1.82) is 0 Å². The topological polar surface area (TPSA) is 66.5 Å². The van der Waals surface area contributed by atoms with Crippen LogP contribution in [0.4, 0.5) is 14.5 Å².